The zero-order valence-corrected chi connectivity index (χ0v) is 22.0. The van der Waals surface area contributed by atoms with Gasteiger partial charge in [-0.15, -0.1) is 0 Å². The Hall–Kier alpha value is -0.350. The summed E-state index contributed by atoms with van der Waals surface area (Å²) >= 11 is 0. The van der Waals surface area contributed by atoms with E-state index in [0.717, 1.165) is 25.9 Å². The van der Waals surface area contributed by atoms with E-state index in [2.05, 4.69) is 25.7 Å². The average molecular weight is 477 g/mol. The maximum atomic E-state index is 12.0. The highest BCUT2D eigenvalue weighted by molar-refractivity contribution is 5.92. The maximum absolute atomic E-state index is 12.0. The molecule has 0 rings (SSSR count). The average Bonchev–Trinajstić information content (AvgIpc) is 2.67. The van der Waals surface area contributed by atoms with Crippen LogP contribution in [0.15, 0.2) is 12.2 Å². The summed E-state index contributed by atoms with van der Waals surface area (Å²) in [6.07, 6.45) is 20.3. The van der Waals surface area contributed by atoms with E-state index in [4.69, 9.17) is 0 Å². The summed E-state index contributed by atoms with van der Waals surface area (Å²) in [4.78, 5) is 14.0. The standard InChI is InChI=1S/C23H45NO.C2H7N.BrH/c1-5-7-8-9-10-11-12-13-14-15-16-17-18-19-21-24(20-6-2)23(25)22(3)4;1-3-2;/h3,5-21H2,1-2,4H3;3H,1-2H3;1H/p-1. The Morgan fingerprint density at radius 3 is 1.34 bits per heavy atom. The minimum absolute atomic E-state index is 0. The van der Waals surface area contributed by atoms with Crippen molar-refractivity contribution in [2.24, 2.45) is 0 Å². The molecule has 0 aromatic heterocycles. The first kappa shape index (κ1) is 33.3. The molecule has 1 N–H and O–H groups in total. The number of nitrogens with zero attached hydrogens (tertiary/aromatic N) is 1. The number of unbranched alkanes of at least 4 members (excludes halogenated alkanes) is 13. The van der Waals surface area contributed by atoms with Crippen LogP contribution in [0.1, 0.15) is 117 Å². The fourth-order valence-electron chi connectivity index (χ4n) is 3.35. The van der Waals surface area contributed by atoms with Gasteiger partial charge in [0.1, 0.15) is 0 Å². The normalized spacial score (nSPS) is 9.97. The number of nitrogens with one attached hydrogen (secondary N) is 1. The van der Waals surface area contributed by atoms with Gasteiger partial charge in [-0.25, -0.2) is 0 Å². The molecular weight excluding hydrogens is 424 g/mol. The summed E-state index contributed by atoms with van der Waals surface area (Å²) in [5.41, 5.74) is 0.666. The summed E-state index contributed by atoms with van der Waals surface area (Å²) in [6.45, 7) is 11.8. The summed E-state index contributed by atoms with van der Waals surface area (Å²) in [7, 11) is 3.75. The van der Waals surface area contributed by atoms with Crippen LogP contribution in [0.25, 0.3) is 0 Å². The number of hydrogen-bond acceptors (Lipinski definition) is 2. The van der Waals surface area contributed by atoms with E-state index in [-0.39, 0.29) is 22.9 Å². The van der Waals surface area contributed by atoms with Crippen LogP contribution < -0.4 is 22.3 Å². The van der Waals surface area contributed by atoms with Crippen molar-refractivity contribution in [1.82, 2.24) is 10.2 Å². The van der Waals surface area contributed by atoms with Gasteiger partial charge in [0.05, 0.1) is 0 Å². The van der Waals surface area contributed by atoms with Gasteiger partial charge < -0.3 is 27.2 Å². The molecule has 0 atom stereocenters. The third-order valence-corrected chi connectivity index (χ3v) is 4.93. The first-order valence-corrected chi connectivity index (χ1v) is 12.1. The van der Waals surface area contributed by atoms with Gasteiger partial charge in [0.25, 0.3) is 0 Å². The van der Waals surface area contributed by atoms with Crippen LogP contribution in [0.5, 0.6) is 0 Å². The summed E-state index contributed by atoms with van der Waals surface area (Å²) in [6, 6.07) is 0. The van der Waals surface area contributed by atoms with E-state index in [9.17, 15) is 4.79 Å². The van der Waals surface area contributed by atoms with Crippen LogP contribution in [0.3, 0.4) is 0 Å². The van der Waals surface area contributed by atoms with Gasteiger partial charge in [0.2, 0.25) is 5.91 Å². The molecular formula is C25H52BrN2O-. The molecule has 0 spiro atoms. The van der Waals surface area contributed by atoms with Gasteiger partial charge in [0, 0.05) is 18.7 Å². The predicted octanol–water partition coefficient (Wildman–Crippen LogP) is 4.12. The van der Waals surface area contributed by atoms with E-state index in [1.54, 1.807) is 0 Å². The second-order valence-corrected chi connectivity index (χ2v) is 8.17. The quantitative estimate of drug-likeness (QED) is 0.238. The Balaban J connectivity index is -0.00000158. The first-order chi connectivity index (χ1) is 13.5. The molecule has 0 unspecified atom stereocenters. The number of carbonyl (C=O) groups excluding carboxylic acids is 1. The smallest absolute Gasteiger partial charge is 0.248 e. The molecule has 0 aliphatic carbocycles. The molecule has 4 heteroatoms. The molecule has 0 aliphatic heterocycles. The van der Waals surface area contributed by atoms with Crippen molar-refractivity contribution in [2.75, 3.05) is 27.2 Å². The molecule has 1 amide bonds. The van der Waals surface area contributed by atoms with E-state index >= 15 is 0 Å². The van der Waals surface area contributed by atoms with Crippen molar-refractivity contribution >= 4 is 5.91 Å². The monoisotopic (exact) mass is 475 g/mol. The van der Waals surface area contributed by atoms with E-state index in [1.807, 2.05) is 25.9 Å². The van der Waals surface area contributed by atoms with Gasteiger partial charge in [-0.05, 0) is 33.9 Å². The van der Waals surface area contributed by atoms with Crippen molar-refractivity contribution in [1.29, 1.82) is 0 Å². The second-order valence-electron chi connectivity index (χ2n) is 8.17. The van der Waals surface area contributed by atoms with E-state index < -0.39 is 0 Å². The van der Waals surface area contributed by atoms with Crippen LogP contribution in [0, 0.1) is 0 Å². The van der Waals surface area contributed by atoms with Crippen molar-refractivity contribution in [3.63, 3.8) is 0 Å². The topological polar surface area (TPSA) is 32.3 Å². The highest BCUT2D eigenvalue weighted by Gasteiger charge is 2.12. The van der Waals surface area contributed by atoms with Crippen molar-refractivity contribution in [3.05, 3.63) is 12.2 Å². The van der Waals surface area contributed by atoms with Gasteiger partial charge in [-0.1, -0.05) is 104 Å². The maximum Gasteiger partial charge on any atom is 0.248 e. The number of amides is 1. The molecule has 29 heavy (non-hydrogen) atoms. The Labute approximate surface area is 194 Å². The Morgan fingerprint density at radius 1 is 0.690 bits per heavy atom. The Kier molecular flexibility index (Phi) is 31.7. The number of halogens is 1. The first-order valence-electron chi connectivity index (χ1n) is 12.1. The van der Waals surface area contributed by atoms with E-state index in [0.29, 0.717) is 5.57 Å². The molecule has 0 bridgehead atoms. The van der Waals surface area contributed by atoms with Gasteiger partial charge in [-0.2, -0.15) is 0 Å². The summed E-state index contributed by atoms with van der Waals surface area (Å²) in [5.74, 6) is 0.136. The number of hydrogen-bond donors (Lipinski definition) is 1. The van der Waals surface area contributed by atoms with Gasteiger partial charge >= 0.3 is 0 Å². The Morgan fingerprint density at radius 2 is 1.03 bits per heavy atom. The van der Waals surface area contributed by atoms with Crippen molar-refractivity contribution in [2.45, 2.75) is 117 Å². The van der Waals surface area contributed by atoms with Crippen LogP contribution in [-0.4, -0.2) is 38.0 Å². The predicted molar refractivity (Wildman–Crippen MR) is 127 cm³/mol. The van der Waals surface area contributed by atoms with Gasteiger partial charge in [0.15, 0.2) is 0 Å². The lowest BCUT2D eigenvalue weighted by Gasteiger charge is -2.22. The zero-order chi connectivity index (χ0) is 21.5. The number of rotatable bonds is 18. The molecule has 0 aromatic rings. The molecule has 3 nitrogen and oxygen atoms in total. The van der Waals surface area contributed by atoms with Gasteiger partial charge in [-0.3, -0.25) is 4.79 Å². The molecule has 0 aromatic carbocycles. The fraction of sp³-hybridized carbons (Fsp3) is 0.880. The molecule has 0 saturated heterocycles. The molecule has 176 valence electrons. The molecule has 0 saturated carbocycles. The molecule has 0 fully saturated rings. The van der Waals surface area contributed by atoms with Crippen molar-refractivity contribution in [3.8, 4) is 0 Å². The summed E-state index contributed by atoms with van der Waals surface area (Å²) in [5, 5.41) is 2.75. The largest absolute Gasteiger partial charge is 1.00 e. The van der Waals surface area contributed by atoms with Crippen LogP contribution >= 0.6 is 0 Å². The fourth-order valence-corrected chi connectivity index (χ4v) is 3.35. The third kappa shape index (κ3) is 25.6. The van der Waals surface area contributed by atoms with Crippen molar-refractivity contribution < 1.29 is 21.8 Å². The molecule has 0 aliphatic rings. The summed E-state index contributed by atoms with van der Waals surface area (Å²) < 4.78 is 0. The van der Waals surface area contributed by atoms with E-state index in [1.165, 1.54) is 83.5 Å². The lowest BCUT2D eigenvalue weighted by Crippen LogP contribution is -3.00. The second kappa shape index (κ2) is 27.6. The molecule has 0 radical (unpaired) electrons. The SMILES string of the molecule is C=C(C)C(=O)N(CCC)CCCCCCCCCCCCCCCC.CNC.[Br-]. The minimum atomic E-state index is 0. The highest BCUT2D eigenvalue weighted by atomic mass is 79.9. The Bertz CT molecular complexity index is 348. The number of carbonyl (C=O) groups is 1. The highest BCUT2D eigenvalue weighted by Crippen LogP contribution is 2.13. The van der Waals surface area contributed by atoms with Crippen LogP contribution in [0.2, 0.25) is 0 Å². The molecule has 0 heterocycles. The minimum Gasteiger partial charge on any atom is -1.00 e. The lowest BCUT2D eigenvalue weighted by molar-refractivity contribution is -0.127. The third-order valence-electron chi connectivity index (χ3n) is 4.93. The van der Waals surface area contributed by atoms with Crippen LogP contribution in [-0.2, 0) is 4.79 Å². The zero-order valence-electron chi connectivity index (χ0n) is 20.5. The van der Waals surface area contributed by atoms with Crippen LogP contribution in [0.4, 0.5) is 0 Å². The lowest BCUT2D eigenvalue weighted by atomic mass is 10.0.